The molecule has 0 radical (unpaired) electrons. The summed E-state index contributed by atoms with van der Waals surface area (Å²) in [6.07, 6.45) is 1.20. The molecule has 1 aliphatic rings. The van der Waals surface area contributed by atoms with Gasteiger partial charge in [-0.05, 0) is 36.4 Å². The quantitative estimate of drug-likeness (QED) is 0.784. The van der Waals surface area contributed by atoms with E-state index in [1.54, 1.807) is 6.07 Å². The zero-order chi connectivity index (χ0) is 13.3. The number of hydrogen-bond donors (Lipinski definition) is 0. The molecule has 0 saturated carbocycles. The molecule has 0 bridgehead atoms. The summed E-state index contributed by atoms with van der Waals surface area (Å²) in [7, 11) is 0. The number of hydrogen-bond acceptors (Lipinski definition) is 3. The van der Waals surface area contributed by atoms with Crippen LogP contribution in [0, 0.1) is 11.3 Å². The van der Waals surface area contributed by atoms with E-state index in [2.05, 4.69) is 25.7 Å². The monoisotopic (exact) mass is 285 g/mol. The van der Waals surface area contributed by atoms with Crippen LogP contribution in [0.2, 0.25) is 4.34 Å². The van der Waals surface area contributed by atoms with Crippen LogP contribution in [0.1, 0.15) is 36.9 Å². The van der Waals surface area contributed by atoms with Gasteiger partial charge in [0.1, 0.15) is 0 Å². The smallest absolute Gasteiger partial charge is 0.186 e. The highest BCUT2D eigenvalue weighted by Gasteiger charge is 2.32. The number of thiophene rings is 1. The van der Waals surface area contributed by atoms with Gasteiger partial charge in [0.2, 0.25) is 0 Å². The Hall–Kier alpha value is -0.380. The second-order valence-corrected chi connectivity index (χ2v) is 7.83. The molecular weight excluding hydrogens is 266 g/mol. The van der Waals surface area contributed by atoms with Crippen molar-refractivity contribution in [1.29, 1.82) is 0 Å². The van der Waals surface area contributed by atoms with Gasteiger partial charge in [0, 0.05) is 6.54 Å². The van der Waals surface area contributed by atoms with Crippen LogP contribution in [0.25, 0.3) is 0 Å². The lowest BCUT2D eigenvalue weighted by molar-refractivity contribution is 0.0942. The molecule has 2 rings (SSSR count). The van der Waals surface area contributed by atoms with Gasteiger partial charge in [-0.1, -0.05) is 32.4 Å². The third-order valence-corrected chi connectivity index (χ3v) is 4.98. The Morgan fingerprint density at radius 3 is 2.72 bits per heavy atom. The molecule has 1 aliphatic heterocycles. The van der Waals surface area contributed by atoms with E-state index in [0.29, 0.717) is 22.2 Å². The SMILES string of the molecule is CC(C)(C)C1CCN(CC(=O)c2ccc(Cl)s2)C1. The maximum absolute atomic E-state index is 12.1. The summed E-state index contributed by atoms with van der Waals surface area (Å²) in [6.45, 7) is 9.44. The van der Waals surface area contributed by atoms with Crippen molar-refractivity contribution in [2.24, 2.45) is 11.3 Å². The summed E-state index contributed by atoms with van der Waals surface area (Å²) >= 11 is 7.23. The van der Waals surface area contributed by atoms with Gasteiger partial charge in [-0.3, -0.25) is 9.69 Å². The first kappa shape index (κ1) is 14.0. The predicted octanol–water partition coefficient (Wildman–Crippen LogP) is 3.95. The fourth-order valence-electron chi connectivity index (χ4n) is 2.43. The van der Waals surface area contributed by atoms with Gasteiger partial charge < -0.3 is 0 Å². The predicted molar refractivity (Wildman–Crippen MR) is 77.7 cm³/mol. The summed E-state index contributed by atoms with van der Waals surface area (Å²) in [6, 6.07) is 3.62. The largest absolute Gasteiger partial charge is 0.295 e. The first-order valence-electron chi connectivity index (χ1n) is 6.37. The van der Waals surface area contributed by atoms with Crippen molar-refractivity contribution >= 4 is 28.7 Å². The molecule has 0 aliphatic carbocycles. The normalized spacial score (nSPS) is 21.4. The van der Waals surface area contributed by atoms with Gasteiger partial charge in [-0.25, -0.2) is 0 Å². The molecule has 1 atom stereocenters. The highest BCUT2D eigenvalue weighted by Crippen LogP contribution is 2.33. The van der Waals surface area contributed by atoms with E-state index in [1.165, 1.54) is 17.8 Å². The lowest BCUT2D eigenvalue weighted by atomic mass is 9.80. The fourth-order valence-corrected chi connectivity index (χ4v) is 3.40. The molecule has 1 unspecified atom stereocenters. The molecule has 0 spiro atoms. The lowest BCUT2D eigenvalue weighted by Crippen LogP contribution is -2.30. The molecule has 4 heteroatoms. The van der Waals surface area contributed by atoms with E-state index in [9.17, 15) is 4.79 Å². The van der Waals surface area contributed by atoms with E-state index in [4.69, 9.17) is 11.6 Å². The van der Waals surface area contributed by atoms with E-state index in [-0.39, 0.29) is 5.78 Å². The average Bonchev–Trinajstić information content (AvgIpc) is 2.85. The standard InChI is InChI=1S/C14H20ClNOS/c1-14(2,3)10-6-7-16(8-10)9-11(17)12-4-5-13(15)18-12/h4-5,10H,6-9H2,1-3H3. The summed E-state index contributed by atoms with van der Waals surface area (Å²) in [5.74, 6) is 0.888. The van der Waals surface area contributed by atoms with E-state index in [1.807, 2.05) is 6.07 Å². The van der Waals surface area contributed by atoms with Crippen LogP contribution < -0.4 is 0 Å². The molecule has 1 fully saturated rings. The molecule has 1 aromatic heterocycles. The molecule has 2 heterocycles. The van der Waals surface area contributed by atoms with Gasteiger partial charge in [0.05, 0.1) is 15.8 Å². The topological polar surface area (TPSA) is 20.3 Å². The highest BCUT2D eigenvalue weighted by molar-refractivity contribution is 7.18. The van der Waals surface area contributed by atoms with Crippen molar-refractivity contribution in [3.05, 3.63) is 21.3 Å². The fraction of sp³-hybridized carbons (Fsp3) is 0.643. The third-order valence-electron chi connectivity index (χ3n) is 3.71. The molecule has 1 saturated heterocycles. The van der Waals surface area contributed by atoms with Gasteiger partial charge in [0.25, 0.3) is 0 Å². The Labute approximate surface area is 118 Å². The number of rotatable bonds is 3. The number of ketones is 1. The van der Waals surface area contributed by atoms with E-state index < -0.39 is 0 Å². The van der Waals surface area contributed by atoms with Crippen LogP contribution in [0.4, 0.5) is 0 Å². The Balaban J connectivity index is 1.90. The molecule has 0 N–H and O–H groups in total. The van der Waals surface area contributed by atoms with Crippen molar-refractivity contribution in [1.82, 2.24) is 4.90 Å². The van der Waals surface area contributed by atoms with E-state index >= 15 is 0 Å². The molecule has 100 valence electrons. The maximum atomic E-state index is 12.1. The second kappa shape index (κ2) is 5.32. The zero-order valence-corrected chi connectivity index (χ0v) is 12.8. The van der Waals surface area contributed by atoms with E-state index in [0.717, 1.165) is 18.0 Å². The van der Waals surface area contributed by atoms with Crippen LogP contribution in [0.5, 0.6) is 0 Å². The lowest BCUT2D eigenvalue weighted by Gasteiger charge is -2.26. The number of halogens is 1. The van der Waals surface area contributed by atoms with Crippen molar-refractivity contribution in [3.8, 4) is 0 Å². The highest BCUT2D eigenvalue weighted by atomic mass is 35.5. The molecule has 0 amide bonds. The molecule has 1 aromatic rings. The van der Waals surface area contributed by atoms with Crippen LogP contribution in [0.15, 0.2) is 12.1 Å². The first-order valence-corrected chi connectivity index (χ1v) is 7.56. The average molecular weight is 286 g/mol. The first-order chi connectivity index (χ1) is 8.36. The minimum absolute atomic E-state index is 0.196. The third kappa shape index (κ3) is 3.34. The minimum atomic E-state index is 0.196. The number of carbonyl (C=O) groups is 1. The van der Waals surface area contributed by atoms with Crippen molar-refractivity contribution in [2.75, 3.05) is 19.6 Å². The number of likely N-dealkylation sites (tertiary alicyclic amines) is 1. The summed E-state index contributed by atoms with van der Waals surface area (Å²) in [4.78, 5) is 15.1. The molecule has 2 nitrogen and oxygen atoms in total. The Kier molecular flexibility index (Phi) is 4.15. The number of nitrogens with zero attached hydrogens (tertiary/aromatic N) is 1. The minimum Gasteiger partial charge on any atom is -0.295 e. The van der Waals surface area contributed by atoms with Gasteiger partial charge >= 0.3 is 0 Å². The molecule has 0 aromatic carbocycles. The summed E-state index contributed by atoms with van der Waals surface area (Å²) in [5.41, 5.74) is 0.337. The summed E-state index contributed by atoms with van der Waals surface area (Å²) < 4.78 is 0.687. The van der Waals surface area contributed by atoms with Crippen LogP contribution >= 0.6 is 22.9 Å². The number of Topliss-reactive ketones (excluding diaryl/α,β-unsaturated/α-hetero) is 1. The van der Waals surface area contributed by atoms with Crippen LogP contribution in [-0.2, 0) is 0 Å². The van der Waals surface area contributed by atoms with Crippen molar-refractivity contribution in [3.63, 3.8) is 0 Å². The van der Waals surface area contributed by atoms with Crippen LogP contribution in [-0.4, -0.2) is 30.3 Å². The van der Waals surface area contributed by atoms with Gasteiger partial charge in [-0.2, -0.15) is 0 Å². The maximum Gasteiger partial charge on any atom is 0.186 e. The number of carbonyl (C=O) groups excluding carboxylic acids is 1. The molecular formula is C14H20ClNOS. The summed E-state index contributed by atoms with van der Waals surface area (Å²) in [5, 5.41) is 0. The van der Waals surface area contributed by atoms with Crippen LogP contribution in [0.3, 0.4) is 0 Å². The Morgan fingerprint density at radius 2 is 2.22 bits per heavy atom. The zero-order valence-electron chi connectivity index (χ0n) is 11.2. The Bertz CT molecular complexity index is 435. The van der Waals surface area contributed by atoms with Crippen molar-refractivity contribution in [2.45, 2.75) is 27.2 Å². The van der Waals surface area contributed by atoms with Gasteiger partial charge in [0.15, 0.2) is 5.78 Å². The van der Waals surface area contributed by atoms with Gasteiger partial charge in [-0.15, -0.1) is 11.3 Å². The molecule has 18 heavy (non-hydrogen) atoms. The van der Waals surface area contributed by atoms with Crippen molar-refractivity contribution < 1.29 is 4.79 Å². The Morgan fingerprint density at radius 1 is 1.50 bits per heavy atom. The second-order valence-electron chi connectivity index (χ2n) is 6.11.